The van der Waals surface area contributed by atoms with Crippen molar-refractivity contribution in [3.05, 3.63) is 35.9 Å². The van der Waals surface area contributed by atoms with Crippen molar-refractivity contribution in [2.24, 2.45) is 17.3 Å². The highest BCUT2D eigenvalue weighted by Gasteiger charge is 2.60. The summed E-state index contributed by atoms with van der Waals surface area (Å²) in [4.78, 5) is 15.0. The van der Waals surface area contributed by atoms with E-state index < -0.39 is 0 Å². The highest BCUT2D eigenvalue weighted by molar-refractivity contribution is 5.96. The number of anilines is 2. The zero-order valence-electron chi connectivity index (χ0n) is 15.1. The molecular formula is C20H28N2O2. The molecule has 0 spiro atoms. The summed E-state index contributed by atoms with van der Waals surface area (Å²) in [6.07, 6.45) is 2.23. The number of rotatable bonds is 4. The lowest BCUT2D eigenvalue weighted by atomic mass is 10.1. The Bertz CT molecular complexity index is 641. The summed E-state index contributed by atoms with van der Waals surface area (Å²) in [5, 5.41) is 3.12. The van der Waals surface area contributed by atoms with Crippen LogP contribution in [0.15, 0.2) is 35.9 Å². The Labute approximate surface area is 144 Å². The quantitative estimate of drug-likeness (QED) is 0.857. The molecule has 1 aliphatic carbocycles. The summed E-state index contributed by atoms with van der Waals surface area (Å²) in [6.45, 7) is 11.8. The van der Waals surface area contributed by atoms with Gasteiger partial charge in [-0.05, 0) is 43.4 Å². The van der Waals surface area contributed by atoms with Gasteiger partial charge in [0, 0.05) is 24.5 Å². The molecule has 1 saturated carbocycles. The second-order valence-electron chi connectivity index (χ2n) is 7.71. The summed E-state index contributed by atoms with van der Waals surface area (Å²) in [7, 11) is 0. The summed E-state index contributed by atoms with van der Waals surface area (Å²) in [5.41, 5.74) is 3.34. The van der Waals surface area contributed by atoms with Crippen molar-refractivity contribution in [3.8, 4) is 0 Å². The molecule has 1 aliphatic heterocycles. The van der Waals surface area contributed by atoms with Crippen LogP contribution in [0.5, 0.6) is 0 Å². The van der Waals surface area contributed by atoms with Crippen LogP contribution in [0, 0.1) is 17.3 Å². The molecule has 1 heterocycles. The first kappa shape index (κ1) is 17.0. The number of ether oxygens (including phenoxy) is 1. The van der Waals surface area contributed by atoms with Crippen LogP contribution < -0.4 is 10.2 Å². The number of carbonyl (C=O) groups is 1. The molecule has 0 bridgehead atoms. The number of amides is 1. The van der Waals surface area contributed by atoms with Crippen LogP contribution in [-0.4, -0.2) is 32.2 Å². The maximum Gasteiger partial charge on any atom is 0.228 e. The molecule has 2 fully saturated rings. The first-order valence-electron chi connectivity index (χ1n) is 8.78. The molecule has 2 aliphatic rings. The SMILES string of the molecule is CC(C)=C[C@@H]1[C@H](C(=O)Nc2cccc(N3CCOCC3)c2)C1(C)C. The maximum atomic E-state index is 12.7. The molecule has 24 heavy (non-hydrogen) atoms. The van der Waals surface area contributed by atoms with Crippen molar-refractivity contribution < 1.29 is 9.53 Å². The molecule has 130 valence electrons. The van der Waals surface area contributed by atoms with Crippen LogP contribution in [0.3, 0.4) is 0 Å². The van der Waals surface area contributed by atoms with Crippen molar-refractivity contribution >= 4 is 17.3 Å². The third-order valence-corrected chi connectivity index (χ3v) is 5.20. The Balaban J connectivity index is 1.68. The molecule has 4 nitrogen and oxygen atoms in total. The van der Waals surface area contributed by atoms with Crippen LogP contribution >= 0.6 is 0 Å². The van der Waals surface area contributed by atoms with Gasteiger partial charge < -0.3 is 15.0 Å². The van der Waals surface area contributed by atoms with Crippen molar-refractivity contribution in [2.75, 3.05) is 36.5 Å². The molecule has 0 radical (unpaired) electrons. The van der Waals surface area contributed by atoms with Gasteiger partial charge in [-0.2, -0.15) is 0 Å². The normalized spacial score (nSPS) is 25.1. The fourth-order valence-corrected chi connectivity index (χ4v) is 3.67. The van der Waals surface area contributed by atoms with Gasteiger partial charge in [-0.1, -0.05) is 31.6 Å². The Hall–Kier alpha value is -1.81. The lowest BCUT2D eigenvalue weighted by Crippen LogP contribution is -2.36. The van der Waals surface area contributed by atoms with E-state index >= 15 is 0 Å². The van der Waals surface area contributed by atoms with Crippen molar-refractivity contribution in [1.29, 1.82) is 0 Å². The van der Waals surface area contributed by atoms with Gasteiger partial charge in [0.25, 0.3) is 0 Å². The molecule has 1 aromatic carbocycles. The molecule has 1 saturated heterocycles. The first-order valence-corrected chi connectivity index (χ1v) is 8.78. The Morgan fingerprint density at radius 2 is 2.00 bits per heavy atom. The Kier molecular flexibility index (Phi) is 4.68. The number of morpholine rings is 1. The van der Waals surface area contributed by atoms with Gasteiger partial charge >= 0.3 is 0 Å². The van der Waals surface area contributed by atoms with E-state index in [-0.39, 0.29) is 17.2 Å². The van der Waals surface area contributed by atoms with E-state index in [9.17, 15) is 4.79 Å². The van der Waals surface area contributed by atoms with Crippen molar-refractivity contribution in [2.45, 2.75) is 27.7 Å². The molecule has 0 unspecified atom stereocenters. The largest absolute Gasteiger partial charge is 0.378 e. The molecule has 2 atom stereocenters. The monoisotopic (exact) mass is 328 g/mol. The molecule has 4 heteroatoms. The zero-order chi connectivity index (χ0) is 17.3. The smallest absolute Gasteiger partial charge is 0.228 e. The molecular weight excluding hydrogens is 300 g/mol. The fourth-order valence-electron chi connectivity index (χ4n) is 3.67. The predicted octanol–water partition coefficient (Wildman–Crippen LogP) is 3.70. The van der Waals surface area contributed by atoms with Crippen LogP contribution in [-0.2, 0) is 9.53 Å². The number of nitrogens with zero attached hydrogens (tertiary/aromatic N) is 1. The van der Waals surface area contributed by atoms with E-state index in [1.54, 1.807) is 0 Å². The van der Waals surface area contributed by atoms with Gasteiger partial charge in [0.2, 0.25) is 5.91 Å². The average Bonchev–Trinajstić information content (AvgIpc) is 3.08. The average molecular weight is 328 g/mol. The van der Waals surface area contributed by atoms with Crippen LogP contribution in [0.4, 0.5) is 11.4 Å². The topological polar surface area (TPSA) is 41.6 Å². The summed E-state index contributed by atoms with van der Waals surface area (Å²) in [6, 6.07) is 8.13. The van der Waals surface area contributed by atoms with Gasteiger partial charge in [-0.3, -0.25) is 4.79 Å². The lowest BCUT2D eigenvalue weighted by Gasteiger charge is -2.29. The van der Waals surface area contributed by atoms with E-state index in [0.717, 1.165) is 37.7 Å². The van der Waals surface area contributed by atoms with Crippen molar-refractivity contribution in [3.63, 3.8) is 0 Å². The number of hydrogen-bond donors (Lipinski definition) is 1. The molecule has 1 aromatic rings. The summed E-state index contributed by atoms with van der Waals surface area (Å²) >= 11 is 0. The van der Waals surface area contributed by atoms with Crippen LogP contribution in [0.25, 0.3) is 0 Å². The predicted molar refractivity (Wildman–Crippen MR) is 98.3 cm³/mol. The van der Waals surface area contributed by atoms with E-state index in [1.165, 1.54) is 5.57 Å². The number of nitrogens with one attached hydrogen (secondary N) is 1. The maximum absolute atomic E-state index is 12.7. The molecule has 1 amide bonds. The minimum Gasteiger partial charge on any atom is -0.378 e. The highest BCUT2D eigenvalue weighted by atomic mass is 16.5. The van der Waals surface area contributed by atoms with Gasteiger partial charge in [0.15, 0.2) is 0 Å². The van der Waals surface area contributed by atoms with E-state index in [4.69, 9.17) is 4.74 Å². The number of benzene rings is 1. The van der Waals surface area contributed by atoms with Crippen molar-refractivity contribution in [1.82, 2.24) is 0 Å². The second-order valence-corrected chi connectivity index (χ2v) is 7.71. The third-order valence-electron chi connectivity index (χ3n) is 5.20. The number of carbonyl (C=O) groups excluding carboxylic acids is 1. The zero-order valence-corrected chi connectivity index (χ0v) is 15.1. The Morgan fingerprint density at radius 3 is 2.67 bits per heavy atom. The lowest BCUT2D eigenvalue weighted by molar-refractivity contribution is -0.118. The number of allylic oxidation sites excluding steroid dienone is 2. The fraction of sp³-hybridized carbons (Fsp3) is 0.550. The van der Waals surface area contributed by atoms with E-state index in [2.05, 4.69) is 56.1 Å². The standard InChI is InChI=1S/C20H28N2O2/c1-14(2)12-17-18(20(17,3)4)19(23)21-15-6-5-7-16(13-15)22-8-10-24-11-9-22/h5-7,12-13,17-18H,8-11H2,1-4H3,(H,21,23)/t17-,18-/m1/s1. The Morgan fingerprint density at radius 1 is 1.29 bits per heavy atom. The third kappa shape index (κ3) is 3.48. The molecule has 1 N–H and O–H groups in total. The van der Waals surface area contributed by atoms with E-state index in [1.807, 2.05) is 12.1 Å². The van der Waals surface area contributed by atoms with Gasteiger partial charge in [0.05, 0.1) is 19.1 Å². The molecule has 0 aromatic heterocycles. The van der Waals surface area contributed by atoms with Gasteiger partial charge in [0.1, 0.15) is 0 Å². The summed E-state index contributed by atoms with van der Waals surface area (Å²) < 4.78 is 5.41. The second kappa shape index (κ2) is 6.60. The first-order chi connectivity index (χ1) is 11.4. The molecule has 3 rings (SSSR count). The highest BCUT2D eigenvalue weighted by Crippen LogP contribution is 2.59. The van der Waals surface area contributed by atoms with Crippen LogP contribution in [0.1, 0.15) is 27.7 Å². The number of hydrogen-bond acceptors (Lipinski definition) is 3. The van der Waals surface area contributed by atoms with E-state index in [0.29, 0.717) is 5.92 Å². The minimum atomic E-state index is 0.0448. The minimum absolute atomic E-state index is 0.0448. The van der Waals surface area contributed by atoms with Gasteiger partial charge in [-0.25, -0.2) is 0 Å². The van der Waals surface area contributed by atoms with Gasteiger partial charge in [-0.15, -0.1) is 0 Å². The van der Waals surface area contributed by atoms with Crippen LogP contribution in [0.2, 0.25) is 0 Å². The summed E-state index contributed by atoms with van der Waals surface area (Å²) in [5.74, 6) is 0.519.